The van der Waals surface area contributed by atoms with Crippen molar-refractivity contribution in [2.75, 3.05) is 6.61 Å². The van der Waals surface area contributed by atoms with Crippen LogP contribution >= 0.6 is 15.9 Å². The number of H-pyrrole nitrogens is 1. The zero-order chi connectivity index (χ0) is 28.6. The molecule has 4 atom stereocenters. The summed E-state index contributed by atoms with van der Waals surface area (Å²) in [7, 11) is 0. The van der Waals surface area contributed by atoms with Crippen LogP contribution in [-0.2, 0) is 15.1 Å². The molecular formula is C31H31BrN2O6. The lowest BCUT2D eigenvalue weighted by molar-refractivity contribution is -0.0959. The van der Waals surface area contributed by atoms with E-state index in [-0.39, 0.29) is 11.1 Å². The lowest BCUT2D eigenvalue weighted by atomic mass is 9.79. The Morgan fingerprint density at radius 3 is 1.73 bits per heavy atom. The van der Waals surface area contributed by atoms with Gasteiger partial charge in [0.25, 0.3) is 5.56 Å². The molecule has 1 fully saturated rings. The number of hydrogen-bond acceptors (Lipinski definition) is 6. The van der Waals surface area contributed by atoms with Gasteiger partial charge < -0.3 is 19.7 Å². The second kappa shape index (κ2) is 11.3. The highest BCUT2D eigenvalue weighted by Gasteiger charge is 2.46. The van der Waals surface area contributed by atoms with Crippen molar-refractivity contribution in [3.63, 3.8) is 0 Å². The van der Waals surface area contributed by atoms with Crippen LogP contribution in [0.1, 0.15) is 39.6 Å². The molecule has 0 spiro atoms. The molecular weight excluding hydrogens is 576 g/mol. The summed E-state index contributed by atoms with van der Waals surface area (Å²) >= 11 is 3.10. The molecule has 1 aliphatic heterocycles. The van der Waals surface area contributed by atoms with Crippen molar-refractivity contribution in [2.45, 2.75) is 50.9 Å². The number of aliphatic hydroxyl groups excluding tert-OH is 2. The molecule has 208 valence electrons. The van der Waals surface area contributed by atoms with Gasteiger partial charge in [0, 0.05) is 6.20 Å². The molecule has 3 N–H and O–H groups in total. The van der Waals surface area contributed by atoms with E-state index in [0.29, 0.717) is 0 Å². The number of aryl methyl sites for hydroxylation is 3. The zero-order valence-electron chi connectivity index (χ0n) is 22.4. The van der Waals surface area contributed by atoms with Crippen LogP contribution in [0.2, 0.25) is 0 Å². The third-order valence-electron chi connectivity index (χ3n) is 7.37. The largest absolute Gasteiger partial charge is 0.387 e. The summed E-state index contributed by atoms with van der Waals surface area (Å²) in [6.45, 7) is 5.95. The Labute approximate surface area is 240 Å². The van der Waals surface area contributed by atoms with E-state index < -0.39 is 41.4 Å². The Morgan fingerprint density at radius 1 is 0.825 bits per heavy atom. The Hall–Kier alpha value is -3.34. The third kappa shape index (κ3) is 5.23. The van der Waals surface area contributed by atoms with Crippen LogP contribution < -0.4 is 11.2 Å². The standard InChI is InChI=1S/C31H31BrN2O6/c1-18-4-10-21(11-5-18)31(22-12-6-19(2)7-13-22,23-14-8-20(3)9-15-23)39-17-25-26(35)27(36)29(40-25)34-16-24(32)28(37)33-30(34)38/h4-16,25-27,29,35-36H,17H2,1-3H3,(H,33,37,38)/t25-,26+,27+,29-/m0/s1. The highest BCUT2D eigenvalue weighted by atomic mass is 79.9. The maximum atomic E-state index is 12.5. The Kier molecular flexibility index (Phi) is 7.94. The van der Waals surface area contributed by atoms with Gasteiger partial charge >= 0.3 is 5.69 Å². The maximum Gasteiger partial charge on any atom is 0.330 e. The average molecular weight is 608 g/mol. The van der Waals surface area contributed by atoms with Crippen molar-refractivity contribution < 1.29 is 19.7 Å². The van der Waals surface area contributed by atoms with E-state index in [4.69, 9.17) is 9.47 Å². The minimum atomic E-state index is -1.43. The number of nitrogens with zero attached hydrogens (tertiary/aromatic N) is 1. The van der Waals surface area contributed by atoms with Crippen LogP contribution in [0, 0.1) is 20.8 Å². The summed E-state index contributed by atoms with van der Waals surface area (Å²) in [6.07, 6.45) is -3.75. The van der Waals surface area contributed by atoms with E-state index in [2.05, 4.69) is 20.9 Å². The second-order valence-corrected chi connectivity index (χ2v) is 11.1. The highest BCUT2D eigenvalue weighted by molar-refractivity contribution is 9.10. The number of aromatic amines is 1. The van der Waals surface area contributed by atoms with Gasteiger partial charge in [0.1, 0.15) is 23.9 Å². The zero-order valence-corrected chi connectivity index (χ0v) is 24.0. The molecule has 9 heteroatoms. The predicted molar refractivity (Wildman–Crippen MR) is 154 cm³/mol. The van der Waals surface area contributed by atoms with Gasteiger partial charge in [-0.05, 0) is 53.4 Å². The van der Waals surface area contributed by atoms with E-state index in [0.717, 1.165) is 37.9 Å². The number of aromatic nitrogens is 2. The molecule has 5 rings (SSSR count). The molecule has 0 saturated carbocycles. The van der Waals surface area contributed by atoms with Gasteiger partial charge in [-0.15, -0.1) is 0 Å². The van der Waals surface area contributed by atoms with Crippen LogP contribution in [0.4, 0.5) is 0 Å². The molecule has 3 aromatic carbocycles. The molecule has 8 nitrogen and oxygen atoms in total. The van der Waals surface area contributed by atoms with Crippen LogP contribution in [0.5, 0.6) is 0 Å². The van der Waals surface area contributed by atoms with Gasteiger partial charge in [-0.1, -0.05) is 89.5 Å². The van der Waals surface area contributed by atoms with Crippen molar-refractivity contribution in [1.29, 1.82) is 0 Å². The fourth-order valence-corrected chi connectivity index (χ4v) is 5.39. The fourth-order valence-electron chi connectivity index (χ4n) is 5.07. The minimum absolute atomic E-state index is 0.0919. The van der Waals surface area contributed by atoms with Crippen molar-refractivity contribution in [2.24, 2.45) is 0 Å². The van der Waals surface area contributed by atoms with E-state index >= 15 is 0 Å². The quantitative estimate of drug-likeness (QED) is 0.275. The summed E-state index contributed by atoms with van der Waals surface area (Å²) in [5, 5.41) is 21.8. The lowest BCUT2D eigenvalue weighted by Crippen LogP contribution is -2.40. The monoisotopic (exact) mass is 606 g/mol. The van der Waals surface area contributed by atoms with Crippen molar-refractivity contribution in [1.82, 2.24) is 9.55 Å². The second-order valence-electron chi connectivity index (χ2n) is 10.3. The number of ether oxygens (including phenoxy) is 2. The average Bonchev–Trinajstić information content (AvgIpc) is 3.22. The summed E-state index contributed by atoms with van der Waals surface area (Å²) in [6, 6.07) is 24.3. The number of hydrogen-bond donors (Lipinski definition) is 3. The Balaban J connectivity index is 1.56. The Bertz CT molecular complexity index is 1480. The molecule has 2 heterocycles. The topological polar surface area (TPSA) is 114 Å². The normalized spacial score (nSPS) is 21.1. The van der Waals surface area contributed by atoms with E-state index in [9.17, 15) is 19.8 Å². The molecule has 1 aliphatic rings. The summed E-state index contributed by atoms with van der Waals surface area (Å²) in [5.74, 6) is 0. The van der Waals surface area contributed by atoms with Crippen molar-refractivity contribution in [3.8, 4) is 0 Å². The molecule has 40 heavy (non-hydrogen) atoms. The minimum Gasteiger partial charge on any atom is -0.387 e. The van der Waals surface area contributed by atoms with Crippen molar-refractivity contribution >= 4 is 15.9 Å². The summed E-state index contributed by atoms with van der Waals surface area (Å²) in [5.41, 5.74) is 3.52. The first-order valence-corrected chi connectivity index (χ1v) is 13.8. The highest BCUT2D eigenvalue weighted by Crippen LogP contribution is 2.42. The van der Waals surface area contributed by atoms with Gasteiger partial charge in [0.05, 0.1) is 11.1 Å². The van der Waals surface area contributed by atoms with E-state index in [1.54, 1.807) is 0 Å². The molecule has 0 unspecified atom stereocenters. The van der Waals surface area contributed by atoms with Crippen LogP contribution in [-0.4, -0.2) is 44.7 Å². The lowest BCUT2D eigenvalue weighted by Gasteiger charge is -2.37. The number of halogens is 1. The first-order valence-electron chi connectivity index (χ1n) is 13.0. The SMILES string of the molecule is Cc1ccc(C(OC[C@@H]2O[C@H](n3cc(Br)c(=O)[nH]c3=O)[C@H](O)[C@@H]2O)(c2ccc(C)cc2)c2ccc(C)cc2)cc1. The molecule has 1 aromatic heterocycles. The number of rotatable bonds is 7. The number of benzene rings is 3. The van der Waals surface area contributed by atoms with Crippen LogP contribution in [0.3, 0.4) is 0 Å². The third-order valence-corrected chi connectivity index (χ3v) is 7.94. The predicted octanol–water partition coefficient (Wildman–Crippen LogP) is 3.85. The molecule has 1 saturated heterocycles. The fraction of sp³-hybridized carbons (Fsp3) is 0.290. The molecule has 4 aromatic rings. The first-order chi connectivity index (χ1) is 19.1. The summed E-state index contributed by atoms with van der Waals surface area (Å²) in [4.78, 5) is 26.5. The first kappa shape index (κ1) is 28.2. The van der Waals surface area contributed by atoms with Crippen molar-refractivity contribution in [3.05, 3.63) is 138 Å². The Morgan fingerprint density at radius 2 is 1.27 bits per heavy atom. The number of nitrogens with one attached hydrogen (secondary N) is 1. The van der Waals surface area contributed by atoms with Crippen LogP contribution in [0.15, 0.2) is 93.1 Å². The molecule has 0 amide bonds. The van der Waals surface area contributed by atoms with E-state index in [1.807, 2.05) is 93.6 Å². The van der Waals surface area contributed by atoms with Gasteiger partial charge in [0.2, 0.25) is 0 Å². The number of aliphatic hydroxyl groups is 2. The molecule has 0 radical (unpaired) electrons. The van der Waals surface area contributed by atoms with Gasteiger partial charge in [-0.2, -0.15) is 0 Å². The summed E-state index contributed by atoms with van der Waals surface area (Å²) < 4.78 is 14.0. The van der Waals surface area contributed by atoms with E-state index in [1.165, 1.54) is 6.20 Å². The van der Waals surface area contributed by atoms with Gasteiger partial charge in [-0.3, -0.25) is 14.3 Å². The van der Waals surface area contributed by atoms with Crippen LogP contribution in [0.25, 0.3) is 0 Å². The molecule has 0 aliphatic carbocycles. The smallest absolute Gasteiger partial charge is 0.330 e. The van der Waals surface area contributed by atoms with Gasteiger partial charge in [-0.25, -0.2) is 4.79 Å². The van der Waals surface area contributed by atoms with Gasteiger partial charge in [0.15, 0.2) is 6.23 Å². The molecule has 0 bridgehead atoms. The maximum absolute atomic E-state index is 12.5.